The third-order valence-electron chi connectivity index (χ3n) is 2.67. The second-order valence-corrected chi connectivity index (χ2v) is 4.65. The van der Waals surface area contributed by atoms with Gasteiger partial charge in [-0.25, -0.2) is 0 Å². The minimum Gasteiger partial charge on any atom is -0.493 e. The lowest BCUT2D eigenvalue weighted by atomic mass is 10.2. The second-order valence-electron chi connectivity index (χ2n) is 4.24. The van der Waals surface area contributed by atoms with Crippen LogP contribution >= 0.6 is 24.0 Å². The van der Waals surface area contributed by atoms with E-state index in [9.17, 15) is 0 Å². The summed E-state index contributed by atoms with van der Waals surface area (Å²) in [6.45, 7) is 7.98. The van der Waals surface area contributed by atoms with Gasteiger partial charge in [0.25, 0.3) is 0 Å². The third kappa shape index (κ3) is 6.04. The van der Waals surface area contributed by atoms with Crippen LogP contribution in [0.3, 0.4) is 0 Å². The summed E-state index contributed by atoms with van der Waals surface area (Å²) >= 11 is 6.22. The molecule has 0 aliphatic heterocycles. The monoisotopic (exact) mass is 319 g/mol. The highest BCUT2D eigenvalue weighted by molar-refractivity contribution is 6.32. The maximum Gasteiger partial charge on any atom is 0.180 e. The van der Waals surface area contributed by atoms with Crippen LogP contribution in [0.5, 0.6) is 11.5 Å². The molecule has 0 fully saturated rings. The van der Waals surface area contributed by atoms with Gasteiger partial charge in [0.1, 0.15) is 6.61 Å². The predicted octanol–water partition coefficient (Wildman–Crippen LogP) is 4.22. The SMILES string of the molecule is C=CCOc1c(Cl)cc(CNCCCC)cc1OC.Cl. The Morgan fingerprint density at radius 3 is 2.75 bits per heavy atom. The van der Waals surface area contributed by atoms with E-state index in [2.05, 4.69) is 18.8 Å². The fourth-order valence-corrected chi connectivity index (χ4v) is 1.98. The number of rotatable bonds is 9. The maximum atomic E-state index is 6.22. The number of halogens is 2. The number of unbranched alkanes of at least 4 members (excludes halogenated alkanes) is 1. The van der Waals surface area contributed by atoms with Crippen molar-refractivity contribution in [2.75, 3.05) is 20.3 Å². The van der Waals surface area contributed by atoms with E-state index in [0.29, 0.717) is 23.1 Å². The van der Waals surface area contributed by atoms with E-state index >= 15 is 0 Å². The summed E-state index contributed by atoms with van der Waals surface area (Å²) in [5.74, 6) is 1.23. The summed E-state index contributed by atoms with van der Waals surface area (Å²) in [4.78, 5) is 0. The van der Waals surface area contributed by atoms with Gasteiger partial charge in [-0.1, -0.05) is 37.6 Å². The molecule has 1 rings (SSSR count). The Labute approximate surface area is 132 Å². The van der Waals surface area contributed by atoms with Crippen LogP contribution in [-0.2, 0) is 6.54 Å². The molecule has 0 aromatic heterocycles. The van der Waals surface area contributed by atoms with Gasteiger partial charge in [0.2, 0.25) is 0 Å². The number of hydrogen-bond donors (Lipinski definition) is 1. The van der Waals surface area contributed by atoms with E-state index in [-0.39, 0.29) is 12.4 Å². The van der Waals surface area contributed by atoms with Crippen molar-refractivity contribution in [3.05, 3.63) is 35.4 Å². The maximum absolute atomic E-state index is 6.22. The van der Waals surface area contributed by atoms with Gasteiger partial charge in [0.15, 0.2) is 11.5 Å². The van der Waals surface area contributed by atoms with Crippen LogP contribution in [0.4, 0.5) is 0 Å². The van der Waals surface area contributed by atoms with Crippen molar-refractivity contribution in [2.45, 2.75) is 26.3 Å². The summed E-state index contributed by atoms with van der Waals surface area (Å²) in [5.41, 5.74) is 1.09. The smallest absolute Gasteiger partial charge is 0.180 e. The lowest BCUT2D eigenvalue weighted by Crippen LogP contribution is -2.14. The average Bonchev–Trinajstić information content (AvgIpc) is 2.42. The molecule has 1 aromatic rings. The number of benzene rings is 1. The molecule has 0 heterocycles. The molecular weight excluding hydrogens is 297 g/mol. The minimum absolute atomic E-state index is 0. The summed E-state index contributed by atoms with van der Waals surface area (Å²) in [6, 6.07) is 3.85. The molecule has 20 heavy (non-hydrogen) atoms. The highest BCUT2D eigenvalue weighted by atomic mass is 35.5. The van der Waals surface area contributed by atoms with E-state index in [0.717, 1.165) is 18.7 Å². The van der Waals surface area contributed by atoms with Crippen LogP contribution in [0.1, 0.15) is 25.3 Å². The van der Waals surface area contributed by atoms with Gasteiger partial charge >= 0.3 is 0 Å². The fourth-order valence-electron chi connectivity index (χ4n) is 1.69. The van der Waals surface area contributed by atoms with Gasteiger partial charge in [-0.15, -0.1) is 12.4 Å². The lowest BCUT2D eigenvalue weighted by molar-refractivity contribution is 0.326. The Balaban J connectivity index is 0.00000361. The Hall–Kier alpha value is -0.900. The first-order chi connectivity index (χ1) is 9.22. The Bertz CT molecular complexity index is 411. The van der Waals surface area contributed by atoms with Crippen molar-refractivity contribution in [3.8, 4) is 11.5 Å². The highest BCUT2D eigenvalue weighted by Gasteiger charge is 2.11. The Morgan fingerprint density at radius 2 is 2.15 bits per heavy atom. The standard InChI is InChI=1S/C15H22ClNO2.ClH/c1-4-6-7-17-11-12-9-13(16)15(19-8-5-2)14(10-12)18-3;/h5,9-10,17H,2,4,6-8,11H2,1,3H3;1H. The van der Waals surface area contributed by atoms with Crippen LogP contribution in [-0.4, -0.2) is 20.3 Å². The zero-order chi connectivity index (χ0) is 14.1. The quantitative estimate of drug-likeness (QED) is 0.546. The molecule has 0 amide bonds. The molecule has 0 saturated heterocycles. The normalized spacial score (nSPS) is 9.75. The summed E-state index contributed by atoms with van der Waals surface area (Å²) in [7, 11) is 1.61. The molecule has 0 atom stereocenters. The minimum atomic E-state index is 0. The second kappa shape index (κ2) is 10.8. The Morgan fingerprint density at radius 1 is 1.40 bits per heavy atom. The summed E-state index contributed by atoms with van der Waals surface area (Å²) in [5, 5.41) is 3.94. The van der Waals surface area contributed by atoms with Gasteiger partial charge in [-0.2, -0.15) is 0 Å². The van der Waals surface area contributed by atoms with Crippen LogP contribution in [0.25, 0.3) is 0 Å². The van der Waals surface area contributed by atoms with Crippen LogP contribution in [0.2, 0.25) is 5.02 Å². The van der Waals surface area contributed by atoms with Crippen LogP contribution in [0.15, 0.2) is 24.8 Å². The van der Waals surface area contributed by atoms with Gasteiger partial charge < -0.3 is 14.8 Å². The average molecular weight is 320 g/mol. The van der Waals surface area contributed by atoms with Gasteiger partial charge in [-0.3, -0.25) is 0 Å². The van der Waals surface area contributed by atoms with Gasteiger partial charge in [0.05, 0.1) is 12.1 Å². The van der Waals surface area contributed by atoms with Crippen molar-refractivity contribution >= 4 is 24.0 Å². The molecule has 3 nitrogen and oxygen atoms in total. The molecule has 0 radical (unpaired) electrons. The number of methoxy groups -OCH3 is 1. The first kappa shape index (κ1) is 19.1. The largest absolute Gasteiger partial charge is 0.493 e. The first-order valence-electron chi connectivity index (χ1n) is 6.53. The number of nitrogens with one attached hydrogen (secondary N) is 1. The molecule has 0 aliphatic rings. The van der Waals surface area contributed by atoms with Gasteiger partial charge in [-0.05, 0) is 30.7 Å². The van der Waals surface area contributed by atoms with Crippen molar-refractivity contribution in [1.82, 2.24) is 5.32 Å². The molecule has 0 aliphatic carbocycles. The number of hydrogen-bond acceptors (Lipinski definition) is 3. The molecule has 0 unspecified atom stereocenters. The molecule has 5 heteroatoms. The molecule has 114 valence electrons. The zero-order valence-corrected chi connectivity index (χ0v) is 13.6. The molecule has 0 saturated carbocycles. The molecule has 0 spiro atoms. The third-order valence-corrected chi connectivity index (χ3v) is 2.95. The van der Waals surface area contributed by atoms with Crippen LogP contribution in [0, 0.1) is 0 Å². The number of ether oxygens (including phenoxy) is 2. The van der Waals surface area contributed by atoms with Crippen LogP contribution < -0.4 is 14.8 Å². The molecule has 0 bridgehead atoms. The lowest BCUT2D eigenvalue weighted by Gasteiger charge is -2.13. The zero-order valence-electron chi connectivity index (χ0n) is 12.1. The topological polar surface area (TPSA) is 30.5 Å². The van der Waals surface area contributed by atoms with Crippen molar-refractivity contribution in [3.63, 3.8) is 0 Å². The van der Waals surface area contributed by atoms with E-state index in [4.69, 9.17) is 21.1 Å². The van der Waals surface area contributed by atoms with E-state index in [1.165, 1.54) is 12.8 Å². The molecular formula is C15H23Cl2NO2. The van der Waals surface area contributed by atoms with E-state index < -0.39 is 0 Å². The van der Waals surface area contributed by atoms with E-state index in [1.807, 2.05) is 12.1 Å². The van der Waals surface area contributed by atoms with E-state index in [1.54, 1.807) is 13.2 Å². The first-order valence-corrected chi connectivity index (χ1v) is 6.91. The predicted molar refractivity (Wildman–Crippen MR) is 87.6 cm³/mol. The van der Waals surface area contributed by atoms with Crippen molar-refractivity contribution < 1.29 is 9.47 Å². The Kier molecular flexibility index (Phi) is 10.3. The summed E-state index contributed by atoms with van der Waals surface area (Å²) in [6.07, 6.45) is 4.03. The molecule has 1 N–H and O–H groups in total. The summed E-state index contributed by atoms with van der Waals surface area (Å²) < 4.78 is 10.8. The molecule has 1 aromatic carbocycles. The van der Waals surface area contributed by atoms with Gasteiger partial charge in [0, 0.05) is 6.54 Å². The fraction of sp³-hybridized carbons (Fsp3) is 0.467. The van der Waals surface area contributed by atoms with Crippen molar-refractivity contribution in [1.29, 1.82) is 0 Å². The highest BCUT2D eigenvalue weighted by Crippen LogP contribution is 2.36. The van der Waals surface area contributed by atoms with Crippen molar-refractivity contribution in [2.24, 2.45) is 0 Å².